The fraction of sp³-hybridized carbons (Fsp3) is 0.286. The quantitative estimate of drug-likeness (QED) is 0.784. The SMILES string of the molecule is CCc1nn(C)c(COc2ccc(C=O)cc2F)c1Br. The molecule has 0 atom stereocenters. The van der Waals surface area contributed by atoms with Crippen molar-refractivity contribution in [2.24, 2.45) is 7.05 Å². The van der Waals surface area contributed by atoms with Gasteiger partial charge in [-0.2, -0.15) is 5.10 Å². The van der Waals surface area contributed by atoms with E-state index < -0.39 is 5.82 Å². The molecule has 2 rings (SSSR count). The molecule has 20 heavy (non-hydrogen) atoms. The van der Waals surface area contributed by atoms with Gasteiger partial charge in [-0.25, -0.2) is 4.39 Å². The maximum absolute atomic E-state index is 13.7. The Balaban J connectivity index is 2.17. The summed E-state index contributed by atoms with van der Waals surface area (Å²) < 4.78 is 21.7. The predicted molar refractivity (Wildman–Crippen MR) is 76.4 cm³/mol. The van der Waals surface area contributed by atoms with Crippen molar-refractivity contribution in [1.29, 1.82) is 0 Å². The number of aromatic nitrogens is 2. The van der Waals surface area contributed by atoms with Crippen LogP contribution in [0.5, 0.6) is 5.75 Å². The smallest absolute Gasteiger partial charge is 0.165 e. The van der Waals surface area contributed by atoms with E-state index in [1.54, 1.807) is 4.68 Å². The van der Waals surface area contributed by atoms with Crippen molar-refractivity contribution in [2.45, 2.75) is 20.0 Å². The maximum atomic E-state index is 13.7. The lowest BCUT2D eigenvalue weighted by Crippen LogP contribution is -2.04. The minimum absolute atomic E-state index is 0.113. The van der Waals surface area contributed by atoms with Gasteiger partial charge in [0.05, 0.1) is 15.9 Å². The second-order valence-electron chi connectivity index (χ2n) is 4.28. The lowest BCUT2D eigenvalue weighted by molar-refractivity contribution is 0.112. The van der Waals surface area contributed by atoms with Gasteiger partial charge in [-0.05, 0) is 40.5 Å². The number of hydrogen-bond acceptors (Lipinski definition) is 3. The number of carbonyl (C=O) groups excluding carboxylic acids is 1. The van der Waals surface area contributed by atoms with Crippen LogP contribution >= 0.6 is 15.9 Å². The molecule has 4 nitrogen and oxygen atoms in total. The average molecular weight is 341 g/mol. The molecule has 0 saturated carbocycles. The summed E-state index contributed by atoms with van der Waals surface area (Å²) in [6.07, 6.45) is 1.40. The van der Waals surface area contributed by atoms with Crippen molar-refractivity contribution in [3.63, 3.8) is 0 Å². The first kappa shape index (κ1) is 14.7. The zero-order valence-electron chi connectivity index (χ0n) is 11.2. The molecular formula is C14H14BrFN2O2. The molecule has 0 bridgehead atoms. The molecule has 0 aliphatic heterocycles. The zero-order chi connectivity index (χ0) is 14.7. The number of ether oxygens (including phenoxy) is 1. The Kier molecular flexibility index (Phi) is 4.54. The van der Waals surface area contributed by atoms with Gasteiger partial charge in [0.1, 0.15) is 12.9 Å². The minimum atomic E-state index is -0.552. The van der Waals surface area contributed by atoms with Crippen molar-refractivity contribution in [3.8, 4) is 5.75 Å². The largest absolute Gasteiger partial charge is 0.484 e. The molecule has 0 aliphatic carbocycles. The molecule has 0 N–H and O–H groups in total. The van der Waals surface area contributed by atoms with Crippen LogP contribution < -0.4 is 4.74 Å². The van der Waals surface area contributed by atoms with E-state index in [-0.39, 0.29) is 17.9 Å². The number of aryl methyl sites for hydroxylation is 2. The van der Waals surface area contributed by atoms with E-state index in [9.17, 15) is 9.18 Å². The summed E-state index contributed by atoms with van der Waals surface area (Å²) in [7, 11) is 1.81. The molecule has 1 aromatic carbocycles. The number of halogens is 2. The Morgan fingerprint density at radius 1 is 1.50 bits per heavy atom. The van der Waals surface area contributed by atoms with Crippen LogP contribution in [0.2, 0.25) is 0 Å². The van der Waals surface area contributed by atoms with Crippen molar-refractivity contribution >= 4 is 22.2 Å². The highest BCUT2D eigenvalue weighted by atomic mass is 79.9. The summed E-state index contributed by atoms with van der Waals surface area (Å²) in [4.78, 5) is 10.5. The third kappa shape index (κ3) is 2.90. The number of rotatable bonds is 5. The van der Waals surface area contributed by atoms with Crippen LogP contribution in [0, 0.1) is 5.82 Å². The molecule has 106 valence electrons. The maximum Gasteiger partial charge on any atom is 0.165 e. The molecule has 0 amide bonds. The van der Waals surface area contributed by atoms with E-state index in [2.05, 4.69) is 21.0 Å². The van der Waals surface area contributed by atoms with Gasteiger partial charge in [0, 0.05) is 12.6 Å². The number of hydrogen-bond donors (Lipinski definition) is 0. The van der Waals surface area contributed by atoms with E-state index in [1.165, 1.54) is 12.1 Å². The molecule has 0 unspecified atom stereocenters. The molecule has 2 aromatic rings. The topological polar surface area (TPSA) is 44.1 Å². The van der Waals surface area contributed by atoms with Gasteiger partial charge in [-0.1, -0.05) is 6.92 Å². The van der Waals surface area contributed by atoms with Crippen LogP contribution in [0.15, 0.2) is 22.7 Å². The highest BCUT2D eigenvalue weighted by molar-refractivity contribution is 9.10. The van der Waals surface area contributed by atoms with Gasteiger partial charge in [-0.3, -0.25) is 9.48 Å². The van der Waals surface area contributed by atoms with Gasteiger partial charge in [-0.15, -0.1) is 0 Å². The normalized spacial score (nSPS) is 10.6. The van der Waals surface area contributed by atoms with Crippen molar-refractivity contribution in [1.82, 2.24) is 9.78 Å². The Hall–Kier alpha value is -1.69. The Morgan fingerprint density at radius 3 is 2.80 bits per heavy atom. The molecule has 1 heterocycles. The number of carbonyl (C=O) groups is 1. The van der Waals surface area contributed by atoms with E-state index in [0.29, 0.717) is 6.29 Å². The summed E-state index contributed by atoms with van der Waals surface area (Å²) in [5.41, 5.74) is 2.05. The van der Waals surface area contributed by atoms with Gasteiger partial charge in [0.2, 0.25) is 0 Å². The molecule has 6 heteroatoms. The summed E-state index contributed by atoms with van der Waals surface area (Å²) in [6.45, 7) is 2.21. The number of benzene rings is 1. The molecule has 1 aromatic heterocycles. The van der Waals surface area contributed by atoms with E-state index in [0.717, 1.165) is 28.3 Å². The summed E-state index contributed by atoms with van der Waals surface area (Å²) in [6, 6.07) is 4.11. The monoisotopic (exact) mass is 340 g/mol. The van der Waals surface area contributed by atoms with Crippen LogP contribution in [-0.4, -0.2) is 16.1 Å². The van der Waals surface area contributed by atoms with Gasteiger partial charge >= 0.3 is 0 Å². The standard InChI is InChI=1S/C14H14BrFN2O2/c1-3-11-14(15)12(18(2)17-11)8-20-13-5-4-9(7-19)6-10(13)16/h4-7H,3,8H2,1-2H3. The molecule has 0 saturated heterocycles. The van der Waals surface area contributed by atoms with Crippen LogP contribution in [0.1, 0.15) is 28.7 Å². The van der Waals surface area contributed by atoms with Crippen LogP contribution in [0.3, 0.4) is 0 Å². The molecule has 0 spiro atoms. The Labute approximate surface area is 124 Å². The van der Waals surface area contributed by atoms with Gasteiger partial charge < -0.3 is 4.74 Å². The Morgan fingerprint density at radius 2 is 2.25 bits per heavy atom. The van der Waals surface area contributed by atoms with E-state index >= 15 is 0 Å². The van der Waals surface area contributed by atoms with Crippen LogP contribution in [0.25, 0.3) is 0 Å². The van der Waals surface area contributed by atoms with Crippen LogP contribution in [-0.2, 0) is 20.1 Å². The minimum Gasteiger partial charge on any atom is -0.484 e. The number of aldehydes is 1. The average Bonchev–Trinajstić information content (AvgIpc) is 2.72. The molecule has 0 radical (unpaired) electrons. The summed E-state index contributed by atoms with van der Waals surface area (Å²) in [5, 5.41) is 4.34. The van der Waals surface area contributed by atoms with Crippen molar-refractivity contribution < 1.29 is 13.9 Å². The van der Waals surface area contributed by atoms with Crippen molar-refractivity contribution in [2.75, 3.05) is 0 Å². The third-order valence-corrected chi connectivity index (χ3v) is 3.87. The Bertz CT molecular complexity index is 640. The molecular weight excluding hydrogens is 327 g/mol. The second kappa shape index (κ2) is 6.17. The van der Waals surface area contributed by atoms with Crippen molar-refractivity contribution in [3.05, 3.63) is 45.4 Å². The number of nitrogens with zero attached hydrogens (tertiary/aromatic N) is 2. The van der Waals surface area contributed by atoms with Gasteiger partial charge in [0.15, 0.2) is 11.6 Å². The van der Waals surface area contributed by atoms with Crippen LogP contribution in [0.4, 0.5) is 4.39 Å². The van der Waals surface area contributed by atoms with E-state index in [4.69, 9.17) is 4.74 Å². The summed E-state index contributed by atoms with van der Waals surface area (Å²) >= 11 is 3.47. The van der Waals surface area contributed by atoms with E-state index in [1.807, 2.05) is 14.0 Å². The van der Waals surface area contributed by atoms with Gasteiger partial charge in [0.25, 0.3) is 0 Å². The fourth-order valence-corrected chi connectivity index (χ4v) is 2.56. The molecule has 0 aliphatic rings. The predicted octanol–water partition coefficient (Wildman–Crippen LogP) is 3.28. The highest BCUT2D eigenvalue weighted by Crippen LogP contribution is 2.24. The lowest BCUT2D eigenvalue weighted by atomic mass is 10.2. The second-order valence-corrected chi connectivity index (χ2v) is 5.07. The first-order valence-corrected chi connectivity index (χ1v) is 6.93. The first-order chi connectivity index (χ1) is 9.56. The summed E-state index contributed by atoms with van der Waals surface area (Å²) in [5.74, 6) is -0.439. The highest BCUT2D eigenvalue weighted by Gasteiger charge is 2.14. The first-order valence-electron chi connectivity index (χ1n) is 6.14. The lowest BCUT2D eigenvalue weighted by Gasteiger charge is -2.08. The zero-order valence-corrected chi connectivity index (χ0v) is 12.8. The third-order valence-electron chi connectivity index (χ3n) is 2.96. The fourth-order valence-electron chi connectivity index (χ4n) is 1.83. The molecule has 0 fully saturated rings.